The number of rotatable bonds is 6. The van der Waals surface area contributed by atoms with Crippen molar-refractivity contribution in [3.63, 3.8) is 0 Å². The highest BCUT2D eigenvalue weighted by molar-refractivity contribution is 6.30. The van der Waals surface area contributed by atoms with E-state index in [4.69, 9.17) is 22.1 Å². The van der Waals surface area contributed by atoms with E-state index in [2.05, 4.69) is 0 Å². The molecule has 0 heterocycles. The number of halogens is 1. The Morgan fingerprint density at radius 1 is 1.40 bits per heavy atom. The van der Waals surface area contributed by atoms with Crippen molar-refractivity contribution in [1.29, 1.82) is 0 Å². The molecule has 0 radical (unpaired) electrons. The molecule has 2 amide bonds. The molecule has 0 atom stereocenters. The van der Waals surface area contributed by atoms with Gasteiger partial charge >= 0.3 is 0 Å². The number of nitrogens with zero attached hydrogens (tertiary/aromatic N) is 1. The third-order valence-corrected chi connectivity index (χ3v) is 2.99. The van der Waals surface area contributed by atoms with Crippen molar-refractivity contribution in [2.75, 3.05) is 13.2 Å². The zero-order valence-electron chi connectivity index (χ0n) is 11.9. The van der Waals surface area contributed by atoms with E-state index < -0.39 is 5.91 Å². The number of carbonyl (C=O) groups excluding carboxylic acids is 2. The van der Waals surface area contributed by atoms with E-state index in [1.165, 1.54) is 4.90 Å². The molecule has 6 heteroatoms. The molecule has 0 aliphatic heterocycles. The second-order valence-electron chi connectivity index (χ2n) is 4.78. The summed E-state index contributed by atoms with van der Waals surface area (Å²) in [6.45, 7) is 5.21. The Labute approximate surface area is 123 Å². The van der Waals surface area contributed by atoms with Crippen LogP contribution >= 0.6 is 11.6 Å². The molecular weight excluding hydrogens is 280 g/mol. The van der Waals surface area contributed by atoms with Crippen molar-refractivity contribution >= 4 is 23.4 Å². The highest BCUT2D eigenvalue weighted by Crippen LogP contribution is 2.21. The summed E-state index contributed by atoms with van der Waals surface area (Å²) < 4.78 is 5.46. The van der Waals surface area contributed by atoms with Crippen molar-refractivity contribution < 1.29 is 14.3 Å². The van der Waals surface area contributed by atoms with Gasteiger partial charge in [0.1, 0.15) is 5.75 Å². The quantitative estimate of drug-likeness (QED) is 0.869. The van der Waals surface area contributed by atoms with Crippen molar-refractivity contribution in [3.8, 4) is 5.75 Å². The van der Waals surface area contributed by atoms with Gasteiger partial charge in [0.2, 0.25) is 5.91 Å². The average molecular weight is 299 g/mol. The lowest BCUT2D eigenvalue weighted by atomic mass is 10.2. The molecule has 1 rings (SSSR count). The van der Waals surface area contributed by atoms with Crippen LogP contribution < -0.4 is 10.5 Å². The van der Waals surface area contributed by atoms with Crippen molar-refractivity contribution in [2.45, 2.75) is 26.8 Å². The van der Waals surface area contributed by atoms with Crippen LogP contribution in [0.1, 0.15) is 19.4 Å². The summed E-state index contributed by atoms with van der Waals surface area (Å²) in [6, 6.07) is 5.03. The van der Waals surface area contributed by atoms with E-state index in [1.807, 2.05) is 20.8 Å². The summed E-state index contributed by atoms with van der Waals surface area (Å²) >= 11 is 5.85. The first-order valence-electron chi connectivity index (χ1n) is 6.28. The van der Waals surface area contributed by atoms with Gasteiger partial charge in [0.25, 0.3) is 5.91 Å². The number of amides is 2. The molecule has 0 aromatic heterocycles. The predicted molar refractivity (Wildman–Crippen MR) is 77.7 cm³/mol. The molecule has 0 aliphatic rings. The minimum atomic E-state index is -0.547. The van der Waals surface area contributed by atoms with Crippen LogP contribution in [0.4, 0.5) is 0 Å². The number of ether oxygens (including phenoxy) is 1. The predicted octanol–water partition coefficient (Wildman–Crippen LogP) is 1.75. The lowest BCUT2D eigenvalue weighted by Crippen LogP contribution is -2.44. The minimum absolute atomic E-state index is 0.112. The molecule has 0 spiro atoms. The summed E-state index contributed by atoms with van der Waals surface area (Å²) in [6.07, 6.45) is 0. The molecule has 0 aliphatic carbocycles. The van der Waals surface area contributed by atoms with E-state index in [1.54, 1.807) is 18.2 Å². The second kappa shape index (κ2) is 7.14. The molecule has 0 saturated heterocycles. The van der Waals surface area contributed by atoms with Gasteiger partial charge in [-0.05, 0) is 44.5 Å². The van der Waals surface area contributed by atoms with Gasteiger partial charge in [-0.1, -0.05) is 11.6 Å². The van der Waals surface area contributed by atoms with Gasteiger partial charge in [-0.25, -0.2) is 0 Å². The first-order chi connectivity index (χ1) is 9.31. The Bertz CT molecular complexity index is 503. The zero-order chi connectivity index (χ0) is 15.3. The summed E-state index contributed by atoms with van der Waals surface area (Å²) in [7, 11) is 0. The number of benzene rings is 1. The second-order valence-corrected chi connectivity index (χ2v) is 5.22. The third-order valence-electron chi connectivity index (χ3n) is 2.76. The standard InChI is InChI=1S/C14H19ClN2O3/c1-9(2)17(7-13(16)18)14(19)8-20-12-5-4-11(15)6-10(12)3/h4-6,9H,7-8H2,1-3H3,(H2,16,18). The largest absolute Gasteiger partial charge is 0.483 e. The van der Waals surface area contributed by atoms with Crippen LogP contribution in [0, 0.1) is 6.92 Å². The van der Waals surface area contributed by atoms with Crippen LogP contribution in [0.25, 0.3) is 0 Å². The number of primary amides is 1. The van der Waals surface area contributed by atoms with Crippen molar-refractivity contribution in [2.24, 2.45) is 5.73 Å². The molecule has 1 aromatic carbocycles. The van der Waals surface area contributed by atoms with Crippen LogP contribution in [-0.4, -0.2) is 35.9 Å². The maximum atomic E-state index is 12.0. The highest BCUT2D eigenvalue weighted by atomic mass is 35.5. The van der Waals surface area contributed by atoms with E-state index in [0.717, 1.165) is 5.56 Å². The molecule has 5 nitrogen and oxygen atoms in total. The number of hydrogen-bond donors (Lipinski definition) is 1. The van der Waals surface area contributed by atoms with E-state index in [9.17, 15) is 9.59 Å². The molecular formula is C14H19ClN2O3. The molecule has 0 bridgehead atoms. The average Bonchev–Trinajstić information content (AvgIpc) is 2.34. The number of aryl methyl sites for hydroxylation is 1. The van der Waals surface area contributed by atoms with Gasteiger partial charge in [0.05, 0.1) is 6.54 Å². The van der Waals surface area contributed by atoms with Crippen LogP contribution in [-0.2, 0) is 9.59 Å². The fraction of sp³-hybridized carbons (Fsp3) is 0.429. The summed E-state index contributed by atoms with van der Waals surface area (Å²) in [5.74, 6) is -0.242. The fourth-order valence-corrected chi connectivity index (χ4v) is 1.95. The van der Waals surface area contributed by atoms with Gasteiger partial charge in [0, 0.05) is 11.1 Å². The molecule has 20 heavy (non-hydrogen) atoms. The molecule has 0 unspecified atom stereocenters. The van der Waals surface area contributed by atoms with Gasteiger partial charge < -0.3 is 15.4 Å². The minimum Gasteiger partial charge on any atom is -0.483 e. The number of carbonyl (C=O) groups is 2. The Morgan fingerprint density at radius 2 is 2.05 bits per heavy atom. The summed E-state index contributed by atoms with van der Waals surface area (Å²) in [5.41, 5.74) is 5.97. The van der Waals surface area contributed by atoms with E-state index in [-0.39, 0.29) is 25.1 Å². The highest BCUT2D eigenvalue weighted by Gasteiger charge is 2.19. The topological polar surface area (TPSA) is 72.6 Å². The maximum absolute atomic E-state index is 12.0. The van der Waals surface area contributed by atoms with Crippen LogP contribution in [0.15, 0.2) is 18.2 Å². The van der Waals surface area contributed by atoms with Gasteiger partial charge in [0.15, 0.2) is 6.61 Å². The Kier molecular flexibility index (Phi) is 5.82. The summed E-state index contributed by atoms with van der Waals surface area (Å²) in [4.78, 5) is 24.4. The first-order valence-corrected chi connectivity index (χ1v) is 6.65. The number of nitrogens with two attached hydrogens (primary N) is 1. The smallest absolute Gasteiger partial charge is 0.261 e. The SMILES string of the molecule is Cc1cc(Cl)ccc1OCC(=O)N(CC(N)=O)C(C)C. The lowest BCUT2D eigenvalue weighted by Gasteiger charge is -2.25. The van der Waals surface area contributed by atoms with Crippen LogP contribution in [0.5, 0.6) is 5.75 Å². The van der Waals surface area contributed by atoms with Gasteiger partial charge in [-0.15, -0.1) is 0 Å². The zero-order valence-corrected chi connectivity index (χ0v) is 12.6. The number of hydrogen-bond acceptors (Lipinski definition) is 3. The molecule has 110 valence electrons. The van der Waals surface area contributed by atoms with Crippen LogP contribution in [0.2, 0.25) is 5.02 Å². The molecule has 0 fully saturated rings. The first kappa shape index (κ1) is 16.3. The Morgan fingerprint density at radius 3 is 2.55 bits per heavy atom. The lowest BCUT2D eigenvalue weighted by molar-refractivity contribution is -0.138. The normalized spacial score (nSPS) is 10.4. The maximum Gasteiger partial charge on any atom is 0.261 e. The Balaban J connectivity index is 2.67. The van der Waals surface area contributed by atoms with Crippen molar-refractivity contribution in [3.05, 3.63) is 28.8 Å². The fourth-order valence-electron chi connectivity index (χ4n) is 1.72. The van der Waals surface area contributed by atoms with Crippen LogP contribution in [0.3, 0.4) is 0 Å². The molecule has 0 saturated carbocycles. The monoisotopic (exact) mass is 298 g/mol. The third kappa shape index (κ3) is 4.74. The summed E-state index contributed by atoms with van der Waals surface area (Å²) in [5, 5.41) is 0.610. The molecule has 1 aromatic rings. The van der Waals surface area contributed by atoms with Gasteiger partial charge in [-0.2, -0.15) is 0 Å². The molecule has 2 N–H and O–H groups in total. The van der Waals surface area contributed by atoms with Crippen molar-refractivity contribution in [1.82, 2.24) is 4.90 Å². The van der Waals surface area contributed by atoms with Gasteiger partial charge in [-0.3, -0.25) is 9.59 Å². The van der Waals surface area contributed by atoms with E-state index in [0.29, 0.717) is 10.8 Å². The van der Waals surface area contributed by atoms with E-state index >= 15 is 0 Å². The Hall–Kier alpha value is -1.75.